The number of aromatic nitrogens is 2. The summed E-state index contributed by atoms with van der Waals surface area (Å²) in [5.74, 6) is -1.84. The maximum atomic E-state index is 12.3. The van der Waals surface area contributed by atoms with Crippen LogP contribution in [0.25, 0.3) is 0 Å². The van der Waals surface area contributed by atoms with E-state index < -0.39 is 11.9 Å². The van der Waals surface area contributed by atoms with Crippen molar-refractivity contribution in [3.63, 3.8) is 0 Å². The van der Waals surface area contributed by atoms with E-state index in [0.29, 0.717) is 16.8 Å². The number of carboxylic acid groups (broad SMARTS) is 1. The highest BCUT2D eigenvalue weighted by molar-refractivity contribution is 6.08. The van der Waals surface area contributed by atoms with Crippen LogP contribution in [0.2, 0.25) is 0 Å². The zero-order valence-corrected chi connectivity index (χ0v) is 9.91. The molecule has 1 aromatic heterocycles. The Bertz CT molecular complexity index is 636. The Kier molecular flexibility index (Phi) is 2.56. The fraction of sp³-hybridized carbons (Fsp3) is 0.154. The van der Waals surface area contributed by atoms with Gasteiger partial charge in [-0.25, -0.2) is 0 Å². The maximum Gasteiger partial charge on any atom is 0.312 e. The quantitative estimate of drug-likeness (QED) is 0.847. The normalized spacial score (nSPS) is 17.3. The van der Waals surface area contributed by atoms with Crippen LogP contribution in [-0.4, -0.2) is 33.7 Å². The fourth-order valence-electron chi connectivity index (χ4n) is 2.33. The minimum atomic E-state index is -0.921. The third kappa shape index (κ3) is 1.77. The number of fused-ring (bicyclic) bond motifs is 1. The number of H-pyrrole nitrogens is 1. The third-order valence-electron chi connectivity index (χ3n) is 3.26. The zero-order valence-electron chi connectivity index (χ0n) is 9.91. The van der Waals surface area contributed by atoms with Gasteiger partial charge in [0.1, 0.15) is 5.92 Å². The monoisotopic (exact) mass is 257 g/mol. The van der Waals surface area contributed by atoms with Gasteiger partial charge in [-0.1, -0.05) is 18.2 Å². The van der Waals surface area contributed by atoms with Crippen molar-refractivity contribution in [1.82, 2.24) is 10.2 Å². The lowest BCUT2D eigenvalue weighted by Crippen LogP contribution is -2.30. The second-order valence-corrected chi connectivity index (χ2v) is 4.35. The van der Waals surface area contributed by atoms with Gasteiger partial charge in [-0.15, -0.1) is 0 Å². The standard InChI is InChI=1S/C13H11N3O3/c17-12(8-5-14-15-6-8)16-7-10(13(18)19)9-3-1-2-4-11(9)16/h1-6,10H,7H2,(H,14,15)(H,18,19). The van der Waals surface area contributed by atoms with Crippen LogP contribution in [0.3, 0.4) is 0 Å². The van der Waals surface area contributed by atoms with E-state index in [2.05, 4.69) is 10.2 Å². The molecule has 2 aromatic rings. The molecule has 1 amide bonds. The summed E-state index contributed by atoms with van der Waals surface area (Å²) >= 11 is 0. The summed E-state index contributed by atoms with van der Waals surface area (Å²) in [6.07, 6.45) is 2.93. The molecule has 19 heavy (non-hydrogen) atoms. The second kappa shape index (κ2) is 4.24. The number of benzene rings is 1. The summed E-state index contributed by atoms with van der Waals surface area (Å²) in [5, 5.41) is 15.5. The Morgan fingerprint density at radius 3 is 2.84 bits per heavy atom. The van der Waals surface area contributed by atoms with Crippen LogP contribution in [0, 0.1) is 0 Å². The molecule has 1 unspecified atom stereocenters. The summed E-state index contributed by atoms with van der Waals surface area (Å²) < 4.78 is 0. The Morgan fingerprint density at radius 2 is 2.16 bits per heavy atom. The molecule has 6 nitrogen and oxygen atoms in total. The van der Waals surface area contributed by atoms with Crippen molar-refractivity contribution in [2.24, 2.45) is 0 Å². The number of aliphatic carboxylic acids is 1. The first-order chi connectivity index (χ1) is 9.18. The number of carbonyl (C=O) groups is 2. The minimum absolute atomic E-state index is 0.151. The number of nitrogens with zero attached hydrogens (tertiary/aromatic N) is 2. The lowest BCUT2D eigenvalue weighted by Gasteiger charge is -2.16. The molecule has 1 aromatic carbocycles. The molecule has 3 rings (SSSR count). The highest BCUT2D eigenvalue weighted by Crippen LogP contribution is 2.36. The molecule has 0 saturated carbocycles. The summed E-state index contributed by atoms with van der Waals surface area (Å²) in [4.78, 5) is 25.1. The van der Waals surface area contributed by atoms with Gasteiger partial charge in [0.15, 0.2) is 0 Å². The number of carboxylic acids is 1. The highest BCUT2D eigenvalue weighted by Gasteiger charge is 2.36. The average molecular weight is 257 g/mol. The number of hydrogen-bond acceptors (Lipinski definition) is 3. The molecule has 6 heteroatoms. The van der Waals surface area contributed by atoms with Gasteiger partial charge in [0.25, 0.3) is 5.91 Å². The first-order valence-corrected chi connectivity index (χ1v) is 5.81. The van der Waals surface area contributed by atoms with E-state index in [1.54, 1.807) is 24.3 Å². The zero-order chi connectivity index (χ0) is 13.4. The Morgan fingerprint density at radius 1 is 1.37 bits per heavy atom. The predicted molar refractivity (Wildman–Crippen MR) is 67.1 cm³/mol. The highest BCUT2D eigenvalue weighted by atomic mass is 16.4. The van der Waals surface area contributed by atoms with Crippen LogP contribution in [0.1, 0.15) is 21.8 Å². The molecule has 0 spiro atoms. The smallest absolute Gasteiger partial charge is 0.312 e. The van der Waals surface area contributed by atoms with E-state index in [0.717, 1.165) is 0 Å². The van der Waals surface area contributed by atoms with Crippen molar-refractivity contribution in [3.8, 4) is 0 Å². The van der Waals surface area contributed by atoms with Crippen LogP contribution in [-0.2, 0) is 4.79 Å². The second-order valence-electron chi connectivity index (χ2n) is 4.35. The van der Waals surface area contributed by atoms with Gasteiger partial charge in [-0.3, -0.25) is 14.7 Å². The van der Waals surface area contributed by atoms with Crippen molar-refractivity contribution in [1.29, 1.82) is 0 Å². The lowest BCUT2D eigenvalue weighted by atomic mass is 10.0. The number of aromatic amines is 1. The van der Waals surface area contributed by atoms with Gasteiger partial charge in [0.2, 0.25) is 0 Å². The van der Waals surface area contributed by atoms with E-state index in [1.807, 2.05) is 0 Å². The number of para-hydroxylation sites is 1. The molecule has 0 bridgehead atoms. The number of carbonyl (C=O) groups excluding carboxylic acids is 1. The summed E-state index contributed by atoms with van der Waals surface area (Å²) in [6.45, 7) is 0.151. The number of nitrogens with one attached hydrogen (secondary N) is 1. The van der Waals surface area contributed by atoms with Gasteiger partial charge in [0.05, 0.1) is 11.8 Å². The van der Waals surface area contributed by atoms with Crippen molar-refractivity contribution in [2.45, 2.75) is 5.92 Å². The predicted octanol–water partition coefficient (Wildman–Crippen LogP) is 1.24. The Balaban J connectivity index is 2.01. The van der Waals surface area contributed by atoms with E-state index in [-0.39, 0.29) is 12.5 Å². The fourth-order valence-corrected chi connectivity index (χ4v) is 2.33. The lowest BCUT2D eigenvalue weighted by molar-refractivity contribution is -0.138. The SMILES string of the molecule is O=C(O)C1CN(C(=O)c2cn[nH]c2)c2ccccc21. The van der Waals surface area contributed by atoms with Crippen LogP contribution in [0.15, 0.2) is 36.7 Å². The van der Waals surface area contributed by atoms with E-state index >= 15 is 0 Å². The summed E-state index contributed by atoms with van der Waals surface area (Å²) in [5.41, 5.74) is 1.74. The Labute approximate surface area is 108 Å². The number of rotatable bonds is 2. The summed E-state index contributed by atoms with van der Waals surface area (Å²) in [7, 11) is 0. The molecule has 2 heterocycles. The van der Waals surface area contributed by atoms with E-state index in [4.69, 9.17) is 0 Å². The number of hydrogen-bond donors (Lipinski definition) is 2. The first kappa shape index (κ1) is 11.5. The molecular formula is C13H11N3O3. The van der Waals surface area contributed by atoms with Crippen molar-refractivity contribution in [3.05, 3.63) is 47.8 Å². The molecule has 1 aliphatic heterocycles. The average Bonchev–Trinajstić information content (AvgIpc) is 3.05. The van der Waals surface area contributed by atoms with Gasteiger partial charge in [-0.05, 0) is 11.6 Å². The molecule has 0 radical (unpaired) electrons. The molecule has 0 fully saturated rings. The van der Waals surface area contributed by atoms with Gasteiger partial charge in [-0.2, -0.15) is 5.10 Å². The molecule has 0 saturated heterocycles. The summed E-state index contributed by atoms with van der Waals surface area (Å²) in [6, 6.07) is 7.08. The molecule has 96 valence electrons. The minimum Gasteiger partial charge on any atom is -0.481 e. The van der Waals surface area contributed by atoms with Gasteiger partial charge >= 0.3 is 5.97 Å². The van der Waals surface area contributed by atoms with Gasteiger partial charge in [0, 0.05) is 18.4 Å². The largest absolute Gasteiger partial charge is 0.481 e. The number of amides is 1. The van der Waals surface area contributed by atoms with Crippen LogP contribution in [0.4, 0.5) is 5.69 Å². The molecule has 1 atom stereocenters. The molecule has 0 aliphatic carbocycles. The maximum absolute atomic E-state index is 12.3. The molecular weight excluding hydrogens is 246 g/mol. The van der Waals surface area contributed by atoms with Crippen LogP contribution in [0.5, 0.6) is 0 Å². The first-order valence-electron chi connectivity index (χ1n) is 5.81. The van der Waals surface area contributed by atoms with Gasteiger partial charge < -0.3 is 10.0 Å². The Hall–Kier alpha value is -2.63. The third-order valence-corrected chi connectivity index (χ3v) is 3.26. The van der Waals surface area contributed by atoms with Crippen LogP contribution < -0.4 is 4.90 Å². The van der Waals surface area contributed by atoms with Crippen LogP contribution >= 0.6 is 0 Å². The topological polar surface area (TPSA) is 86.3 Å². The van der Waals surface area contributed by atoms with Crippen molar-refractivity contribution in [2.75, 3.05) is 11.4 Å². The molecule has 1 aliphatic rings. The van der Waals surface area contributed by atoms with E-state index in [9.17, 15) is 14.7 Å². The molecule has 2 N–H and O–H groups in total. The van der Waals surface area contributed by atoms with Crippen molar-refractivity contribution < 1.29 is 14.7 Å². The van der Waals surface area contributed by atoms with E-state index in [1.165, 1.54) is 17.3 Å². The number of anilines is 1. The van der Waals surface area contributed by atoms with Crippen molar-refractivity contribution >= 4 is 17.6 Å².